The van der Waals surface area contributed by atoms with E-state index < -0.39 is 17.3 Å². The topological polar surface area (TPSA) is 30.5 Å². The van der Waals surface area contributed by atoms with E-state index in [0.29, 0.717) is 25.3 Å². The minimum Gasteiger partial charge on any atom is -0.486 e. The molecule has 0 aliphatic carbocycles. The van der Waals surface area contributed by atoms with E-state index in [0.717, 1.165) is 12.5 Å². The molecule has 1 N–H and O–H groups in total. The van der Waals surface area contributed by atoms with Crippen molar-refractivity contribution in [3.8, 4) is 11.5 Å². The molecular weight excluding hydrogens is 271 g/mol. The lowest BCUT2D eigenvalue weighted by atomic mass is 9.85. The fourth-order valence-corrected chi connectivity index (χ4v) is 3.01. The van der Waals surface area contributed by atoms with Crippen LogP contribution in [0.15, 0.2) is 12.1 Å². The molecule has 0 saturated carbocycles. The molecule has 1 aromatic rings. The number of hydrogen-bond acceptors (Lipinski definition) is 3. The molecule has 2 aliphatic heterocycles. The van der Waals surface area contributed by atoms with Crippen LogP contribution >= 0.6 is 0 Å². The number of benzene rings is 1. The Hall–Kier alpha value is -1.43. The monoisotopic (exact) mass is 287 g/mol. The quantitative estimate of drug-likeness (QED) is 0.861. The van der Waals surface area contributed by atoms with Gasteiger partial charge in [-0.15, -0.1) is 0 Å². The van der Waals surface area contributed by atoms with Gasteiger partial charge in [0.25, 0.3) is 0 Å². The van der Waals surface area contributed by atoms with Crippen molar-refractivity contribution < 1.29 is 22.6 Å². The van der Waals surface area contributed by atoms with Crippen LogP contribution in [-0.2, 0) is 11.7 Å². The molecule has 20 heavy (non-hydrogen) atoms. The molecule has 0 radical (unpaired) electrons. The van der Waals surface area contributed by atoms with Gasteiger partial charge in [0.1, 0.15) is 13.2 Å². The van der Waals surface area contributed by atoms with E-state index in [-0.39, 0.29) is 17.9 Å². The minimum atomic E-state index is -4.40. The highest BCUT2D eigenvalue weighted by atomic mass is 19.4. The highest BCUT2D eigenvalue weighted by molar-refractivity contribution is 5.55. The number of hydrogen-bond donors (Lipinski definition) is 1. The van der Waals surface area contributed by atoms with Crippen molar-refractivity contribution in [2.45, 2.75) is 31.5 Å². The van der Waals surface area contributed by atoms with Crippen molar-refractivity contribution in [3.05, 3.63) is 23.3 Å². The zero-order chi connectivity index (χ0) is 14.4. The fraction of sp³-hybridized carbons (Fsp3) is 0.571. The first-order chi connectivity index (χ1) is 9.42. The highest BCUT2D eigenvalue weighted by Gasteiger charge is 2.44. The lowest BCUT2D eigenvalue weighted by molar-refractivity contribution is -0.139. The molecule has 1 unspecified atom stereocenters. The first-order valence-electron chi connectivity index (χ1n) is 6.67. The second-order valence-corrected chi connectivity index (χ2v) is 5.37. The van der Waals surface area contributed by atoms with Gasteiger partial charge in [0.15, 0.2) is 11.5 Å². The number of halogens is 3. The third-order valence-electron chi connectivity index (χ3n) is 3.93. The van der Waals surface area contributed by atoms with E-state index >= 15 is 0 Å². The summed E-state index contributed by atoms with van der Waals surface area (Å²) < 4.78 is 50.9. The maximum Gasteiger partial charge on any atom is 0.416 e. The van der Waals surface area contributed by atoms with Crippen molar-refractivity contribution in [2.24, 2.45) is 0 Å². The number of rotatable bonds is 1. The first-order valence-corrected chi connectivity index (χ1v) is 6.67. The molecule has 1 saturated heterocycles. The Labute approximate surface area is 115 Å². The Morgan fingerprint density at radius 3 is 2.60 bits per heavy atom. The molecule has 0 bridgehead atoms. The predicted octanol–water partition coefficient (Wildman–Crippen LogP) is 3.08. The molecule has 2 aliphatic rings. The van der Waals surface area contributed by atoms with Crippen LogP contribution < -0.4 is 14.8 Å². The summed E-state index contributed by atoms with van der Waals surface area (Å²) in [4.78, 5) is 0. The summed E-state index contributed by atoms with van der Waals surface area (Å²) >= 11 is 0. The summed E-state index contributed by atoms with van der Waals surface area (Å²) in [5.41, 5.74) is -1.19. The van der Waals surface area contributed by atoms with E-state index in [1.807, 2.05) is 0 Å². The Balaban J connectivity index is 2.21. The van der Waals surface area contributed by atoms with Crippen LogP contribution in [0.4, 0.5) is 13.2 Å². The second-order valence-electron chi connectivity index (χ2n) is 5.37. The van der Waals surface area contributed by atoms with E-state index in [1.54, 1.807) is 6.92 Å². The summed E-state index contributed by atoms with van der Waals surface area (Å²) in [6, 6.07) is 2.44. The number of alkyl halides is 3. The summed E-state index contributed by atoms with van der Waals surface area (Å²) in [5, 5.41) is 3.18. The molecular formula is C14H16F3NO2. The van der Waals surface area contributed by atoms with Crippen LogP contribution in [0.2, 0.25) is 0 Å². The summed E-state index contributed by atoms with van der Waals surface area (Å²) in [7, 11) is 0. The zero-order valence-corrected chi connectivity index (χ0v) is 11.1. The molecule has 0 amide bonds. The van der Waals surface area contributed by atoms with Gasteiger partial charge in [-0.1, -0.05) is 0 Å². The van der Waals surface area contributed by atoms with Crippen LogP contribution in [0.1, 0.15) is 30.9 Å². The van der Waals surface area contributed by atoms with Gasteiger partial charge in [0, 0.05) is 11.1 Å². The Kier molecular flexibility index (Phi) is 3.08. The van der Waals surface area contributed by atoms with Crippen LogP contribution in [-0.4, -0.2) is 19.8 Å². The van der Waals surface area contributed by atoms with Crippen LogP contribution in [0.3, 0.4) is 0 Å². The van der Waals surface area contributed by atoms with E-state index in [9.17, 15) is 13.2 Å². The van der Waals surface area contributed by atoms with Crippen molar-refractivity contribution in [2.75, 3.05) is 19.8 Å². The van der Waals surface area contributed by atoms with Gasteiger partial charge in [0.2, 0.25) is 0 Å². The molecule has 1 atom stereocenters. The number of ether oxygens (including phenoxy) is 2. The maximum absolute atomic E-state index is 13.3. The molecule has 6 heteroatoms. The van der Waals surface area contributed by atoms with Crippen LogP contribution in [0, 0.1) is 0 Å². The van der Waals surface area contributed by atoms with Gasteiger partial charge in [-0.05, 0) is 38.4 Å². The van der Waals surface area contributed by atoms with Crippen molar-refractivity contribution in [3.63, 3.8) is 0 Å². The highest BCUT2D eigenvalue weighted by Crippen LogP contribution is 2.48. The number of nitrogens with one attached hydrogen (secondary N) is 1. The molecule has 1 fully saturated rings. The van der Waals surface area contributed by atoms with Crippen LogP contribution in [0.5, 0.6) is 11.5 Å². The molecule has 3 nitrogen and oxygen atoms in total. The average Bonchev–Trinajstić information content (AvgIpc) is 2.84. The third-order valence-corrected chi connectivity index (χ3v) is 3.93. The average molecular weight is 287 g/mol. The van der Waals surface area contributed by atoms with Gasteiger partial charge >= 0.3 is 6.18 Å². The van der Waals surface area contributed by atoms with Crippen molar-refractivity contribution >= 4 is 0 Å². The van der Waals surface area contributed by atoms with Gasteiger partial charge in [-0.25, -0.2) is 0 Å². The standard InChI is InChI=1S/C14H16F3NO2/c1-13(5-2-6-18-13)11-9(14(15,16)17)3-4-10-12(11)20-8-7-19-10/h3-4,18H,2,5-8H2,1H3. The van der Waals surface area contributed by atoms with Crippen molar-refractivity contribution in [1.29, 1.82) is 0 Å². The minimum absolute atomic E-state index is 0.180. The largest absolute Gasteiger partial charge is 0.486 e. The summed E-state index contributed by atoms with van der Waals surface area (Å²) in [5.74, 6) is 0.636. The SMILES string of the molecule is CC1(c2c(C(F)(F)F)ccc3c2OCCO3)CCCN1. The molecule has 3 rings (SSSR count). The van der Waals surface area contributed by atoms with Gasteiger partial charge in [-0.2, -0.15) is 13.2 Å². The Morgan fingerprint density at radius 2 is 1.95 bits per heavy atom. The molecule has 2 heterocycles. The van der Waals surface area contributed by atoms with E-state index in [2.05, 4.69) is 5.32 Å². The van der Waals surface area contributed by atoms with Crippen LogP contribution in [0.25, 0.3) is 0 Å². The smallest absolute Gasteiger partial charge is 0.416 e. The molecule has 1 aromatic carbocycles. The summed E-state index contributed by atoms with van der Waals surface area (Å²) in [6.45, 7) is 3.14. The Bertz CT molecular complexity index is 522. The van der Waals surface area contributed by atoms with Gasteiger partial charge < -0.3 is 14.8 Å². The van der Waals surface area contributed by atoms with Crippen molar-refractivity contribution in [1.82, 2.24) is 5.32 Å². The van der Waals surface area contributed by atoms with Gasteiger partial charge in [-0.3, -0.25) is 0 Å². The van der Waals surface area contributed by atoms with Gasteiger partial charge in [0.05, 0.1) is 5.56 Å². The van der Waals surface area contributed by atoms with E-state index in [1.165, 1.54) is 6.07 Å². The molecule has 0 spiro atoms. The van der Waals surface area contributed by atoms with E-state index in [4.69, 9.17) is 9.47 Å². The molecule has 110 valence electrons. The maximum atomic E-state index is 13.3. The normalized spacial score (nSPS) is 25.8. The predicted molar refractivity (Wildman–Crippen MR) is 67.0 cm³/mol. The lowest BCUT2D eigenvalue weighted by Crippen LogP contribution is -2.36. The fourth-order valence-electron chi connectivity index (χ4n) is 3.01. The number of fused-ring (bicyclic) bond motifs is 1. The first kappa shape index (κ1) is 13.5. The lowest BCUT2D eigenvalue weighted by Gasteiger charge is -2.33. The third kappa shape index (κ3) is 2.12. The Morgan fingerprint density at radius 1 is 1.20 bits per heavy atom. The second kappa shape index (κ2) is 4.55. The summed E-state index contributed by atoms with van der Waals surface area (Å²) in [6.07, 6.45) is -2.91. The zero-order valence-electron chi connectivity index (χ0n) is 11.1. The molecule has 0 aromatic heterocycles.